The van der Waals surface area contributed by atoms with Crippen LogP contribution in [0.4, 0.5) is 0 Å². The van der Waals surface area contributed by atoms with Crippen molar-refractivity contribution < 1.29 is 14.3 Å². The number of ketones is 1. The largest absolute Gasteiger partial charge is 0.493 e. The van der Waals surface area contributed by atoms with Gasteiger partial charge in [-0.15, -0.1) is 0 Å². The topological polar surface area (TPSA) is 61.3 Å². The molecule has 2 rings (SSSR count). The predicted octanol–water partition coefficient (Wildman–Crippen LogP) is 2.39. The van der Waals surface area contributed by atoms with E-state index in [9.17, 15) is 4.79 Å². The number of hydrogen-bond acceptors (Lipinski definition) is 5. The van der Waals surface area contributed by atoms with Crippen LogP contribution in [0.3, 0.4) is 0 Å². The Kier molecular flexibility index (Phi) is 4.44. The van der Waals surface area contributed by atoms with Crippen molar-refractivity contribution in [1.29, 1.82) is 0 Å². The summed E-state index contributed by atoms with van der Waals surface area (Å²) in [6, 6.07) is 5.03. The third kappa shape index (κ3) is 3.20. The predicted molar refractivity (Wildman–Crippen MR) is 74.9 cm³/mol. The van der Waals surface area contributed by atoms with E-state index in [1.165, 1.54) is 6.08 Å². The van der Waals surface area contributed by atoms with Crippen molar-refractivity contribution >= 4 is 11.9 Å². The van der Waals surface area contributed by atoms with Crippen LogP contribution in [0.2, 0.25) is 0 Å². The molecule has 0 N–H and O–H groups in total. The second-order valence-corrected chi connectivity index (χ2v) is 3.90. The summed E-state index contributed by atoms with van der Waals surface area (Å²) in [5.74, 6) is 1.01. The number of methoxy groups -OCH3 is 2. The highest BCUT2D eigenvalue weighted by atomic mass is 16.5. The Morgan fingerprint density at radius 3 is 2.50 bits per heavy atom. The van der Waals surface area contributed by atoms with E-state index in [2.05, 4.69) is 9.97 Å². The number of ether oxygens (including phenoxy) is 2. The molecule has 0 radical (unpaired) electrons. The summed E-state index contributed by atoms with van der Waals surface area (Å²) in [7, 11) is 3.09. The molecule has 2 aromatic rings. The van der Waals surface area contributed by atoms with Gasteiger partial charge in [0.05, 0.1) is 26.1 Å². The molecule has 2 aromatic heterocycles. The van der Waals surface area contributed by atoms with Gasteiger partial charge < -0.3 is 9.47 Å². The molecule has 0 atom stereocenters. The van der Waals surface area contributed by atoms with Crippen LogP contribution in [0.25, 0.3) is 6.08 Å². The van der Waals surface area contributed by atoms with Crippen molar-refractivity contribution in [3.63, 3.8) is 0 Å². The Morgan fingerprint density at radius 2 is 1.85 bits per heavy atom. The normalized spacial score (nSPS) is 10.5. The molecular formula is C15H14N2O3. The first-order chi connectivity index (χ1) is 9.74. The van der Waals surface area contributed by atoms with Crippen molar-refractivity contribution in [2.24, 2.45) is 0 Å². The highest BCUT2D eigenvalue weighted by Crippen LogP contribution is 2.26. The maximum Gasteiger partial charge on any atom is 0.186 e. The van der Waals surface area contributed by atoms with Gasteiger partial charge in [0, 0.05) is 24.0 Å². The number of carbonyl (C=O) groups excluding carboxylic acids is 1. The summed E-state index contributed by atoms with van der Waals surface area (Å²) in [4.78, 5) is 19.9. The fraction of sp³-hybridized carbons (Fsp3) is 0.133. The monoisotopic (exact) mass is 270 g/mol. The number of rotatable bonds is 5. The minimum absolute atomic E-state index is 0.107. The number of allylic oxidation sites excluding steroid dienone is 1. The Morgan fingerprint density at radius 1 is 1.15 bits per heavy atom. The quantitative estimate of drug-likeness (QED) is 0.616. The molecule has 0 aromatic carbocycles. The molecule has 0 aliphatic heterocycles. The number of pyridine rings is 2. The van der Waals surface area contributed by atoms with Gasteiger partial charge >= 0.3 is 0 Å². The molecule has 5 nitrogen and oxygen atoms in total. The molecule has 0 fully saturated rings. The Labute approximate surface area is 116 Å². The van der Waals surface area contributed by atoms with Crippen molar-refractivity contribution in [3.05, 3.63) is 54.1 Å². The van der Waals surface area contributed by atoms with Gasteiger partial charge in [-0.3, -0.25) is 14.8 Å². The first-order valence-corrected chi connectivity index (χ1v) is 5.95. The lowest BCUT2D eigenvalue weighted by molar-refractivity contribution is 0.104. The van der Waals surface area contributed by atoms with Crippen molar-refractivity contribution in [2.45, 2.75) is 0 Å². The molecule has 5 heteroatoms. The summed E-state index contributed by atoms with van der Waals surface area (Å²) in [6.45, 7) is 0. The number of hydrogen-bond donors (Lipinski definition) is 0. The molecular weight excluding hydrogens is 256 g/mol. The van der Waals surface area contributed by atoms with Gasteiger partial charge in [0.2, 0.25) is 0 Å². The Bertz CT molecular complexity index is 624. The first kappa shape index (κ1) is 13.7. The smallest absolute Gasteiger partial charge is 0.186 e. The molecule has 0 aliphatic carbocycles. The van der Waals surface area contributed by atoms with Crippen molar-refractivity contribution in [1.82, 2.24) is 9.97 Å². The molecule has 0 aliphatic rings. The lowest BCUT2D eigenvalue weighted by Gasteiger charge is -2.06. The van der Waals surface area contributed by atoms with E-state index in [-0.39, 0.29) is 5.78 Å². The Balaban J connectivity index is 2.17. The molecule has 0 saturated heterocycles. The van der Waals surface area contributed by atoms with E-state index in [0.717, 1.165) is 0 Å². The van der Waals surface area contributed by atoms with E-state index in [1.54, 1.807) is 57.1 Å². The molecule has 0 amide bonds. The van der Waals surface area contributed by atoms with Crippen LogP contribution in [-0.2, 0) is 0 Å². The lowest BCUT2D eigenvalue weighted by Crippen LogP contribution is -1.95. The third-order valence-electron chi connectivity index (χ3n) is 2.66. The van der Waals surface area contributed by atoms with Gasteiger partial charge in [-0.05, 0) is 24.3 Å². The summed E-state index contributed by atoms with van der Waals surface area (Å²) < 4.78 is 10.3. The second kappa shape index (κ2) is 6.47. The van der Waals surface area contributed by atoms with Crippen LogP contribution in [0, 0.1) is 0 Å². The molecule has 102 valence electrons. The molecule has 0 bridgehead atoms. The van der Waals surface area contributed by atoms with Gasteiger partial charge in [-0.1, -0.05) is 0 Å². The van der Waals surface area contributed by atoms with Gasteiger partial charge in [0.15, 0.2) is 17.3 Å². The number of nitrogens with zero attached hydrogens (tertiary/aromatic N) is 2. The average molecular weight is 270 g/mol. The van der Waals surface area contributed by atoms with Gasteiger partial charge in [-0.2, -0.15) is 0 Å². The summed E-state index contributed by atoms with van der Waals surface area (Å²) in [5, 5.41) is 0. The molecule has 0 spiro atoms. The van der Waals surface area contributed by atoms with Crippen LogP contribution in [0.5, 0.6) is 11.5 Å². The summed E-state index contributed by atoms with van der Waals surface area (Å²) in [6.07, 6.45) is 7.80. The van der Waals surface area contributed by atoms with Crippen LogP contribution >= 0.6 is 0 Å². The first-order valence-electron chi connectivity index (χ1n) is 5.95. The minimum Gasteiger partial charge on any atom is -0.493 e. The molecule has 0 saturated carbocycles. The van der Waals surface area contributed by atoms with Gasteiger partial charge in [-0.25, -0.2) is 0 Å². The molecule has 0 unspecified atom stereocenters. The van der Waals surface area contributed by atoms with Crippen molar-refractivity contribution in [3.8, 4) is 11.5 Å². The van der Waals surface area contributed by atoms with Crippen LogP contribution in [0.1, 0.15) is 16.1 Å². The molecule has 2 heterocycles. The van der Waals surface area contributed by atoms with Crippen LogP contribution in [-0.4, -0.2) is 30.0 Å². The van der Waals surface area contributed by atoms with E-state index < -0.39 is 0 Å². The zero-order valence-corrected chi connectivity index (χ0v) is 11.2. The zero-order chi connectivity index (χ0) is 14.4. The van der Waals surface area contributed by atoms with Crippen LogP contribution in [0.15, 0.2) is 42.9 Å². The lowest BCUT2D eigenvalue weighted by atomic mass is 10.1. The van der Waals surface area contributed by atoms with Gasteiger partial charge in [0.1, 0.15) is 0 Å². The SMILES string of the molecule is COc1cnc(/C=C/C(=O)c2ccncc2)cc1OC. The van der Waals surface area contributed by atoms with Crippen molar-refractivity contribution in [2.75, 3.05) is 14.2 Å². The maximum atomic E-state index is 11.9. The highest BCUT2D eigenvalue weighted by Gasteiger charge is 2.05. The Hall–Kier alpha value is -2.69. The number of aromatic nitrogens is 2. The minimum atomic E-state index is -0.107. The zero-order valence-electron chi connectivity index (χ0n) is 11.2. The standard InChI is InChI=1S/C15H14N2O3/c1-19-14-9-12(17-10-15(14)20-2)3-4-13(18)11-5-7-16-8-6-11/h3-10H,1-2H3/b4-3+. The highest BCUT2D eigenvalue weighted by molar-refractivity contribution is 6.06. The van der Waals surface area contributed by atoms with E-state index in [4.69, 9.17) is 9.47 Å². The fourth-order valence-corrected chi connectivity index (χ4v) is 1.62. The van der Waals surface area contributed by atoms with E-state index >= 15 is 0 Å². The van der Waals surface area contributed by atoms with E-state index in [1.807, 2.05) is 0 Å². The number of carbonyl (C=O) groups is 1. The summed E-state index contributed by atoms with van der Waals surface area (Å²) >= 11 is 0. The van der Waals surface area contributed by atoms with Crippen LogP contribution < -0.4 is 9.47 Å². The third-order valence-corrected chi connectivity index (χ3v) is 2.66. The second-order valence-electron chi connectivity index (χ2n) is 3.90. The van der Waals surface area contributed by atoms with E-state index in [0.29, 0.717) is 22.8 Å². The maximum absolute atomic E-state index is 11.9. The average Bonchev–Trinajstić information content (AvgIpc) is 2.53. The van der Waals surface area contributed by atoms with Gasteiger partial charge in [0.25, 0.3) is 0 Å². The molecule has 20 heavy (non-hydrogen) atoms. The fourth-order valence-electron chi connectivity index (χ4n) is 1.62. The summed E-state index contributed by atoms with van der Waals surface area (Å²) in [5.41, 5.74) is 1.20.